The van der Waals surface area contributed by atoms with Crippen molar-refractivity contribution in [2.45, 2.75) is 39.5 Å². The average Bonchev–Trinajstić information content (AvgIpc) is 2.34. The molecule has 2 nitrogen and oxygen atoms in total. The second-order valence-electron chi connectivity index (χ2n) is 4.48. The number of carbonyl (C=O) groups is 1. The summed E-state index contributed by atoms with van der Waals surface area (Å²) in [5.74, 6) is 0.280. The normalized spacial score (nSPS) is 10.5. The Morgan fingerprint density at radius 3 is 2.35 bits per heavy atom. The molecule has 0 atom stereocenters. The van der Waals surface area contributed by atoms with E-state index in [-0.39, 0.29) is 5.78 Å². The first kappa shape index (κ1) is 13.9. The van der Waals surface area contributed by atoms with Gasteiger partial charge in [-0.25, -0.2) is 0 Å². The fraction of sp³-hybridized carbons (Fsp3) is 0.533. The van der Waals surface area contributed by atoms with Crippen LogP contribution in [0.4, 0.5) is 0 Å². The maximum Gasteiger partial charge on any atom is 0.129 e. The van der Waals surface area contributed by atoms with Gasteiger partial charge in [-0.3, -0.25) is 0 Å². The lowest BCUT2D eigenvalue weighted by Crippen LogP contribution is -2.19. The molecule has 0 saturated carbocycles. The van der Waals surface area contributed by atoms with Crippen LogP contribution < -0.4 is 5.32 Å². The van der Waals surface area contributed by atoms with Crippen LogP contribution in [0.3, 0.4) is 0 Å². The Balaban J connectivity index is 2.11. The van der Waals surface area contributed by atoms with Gasteiger partial charge in [-0.1, -0.05) is 31.2 Å². The summed E-state index contributed by atoms with van der Waals surface area (Å²) in [6, 6.07) is 8.81. The van der Waals surface area contributed by atoms with Crippen LogP contribution in [-0.4, -0.2) is 18.9 Å². The zero-order valence-corrected chi connectivity index (χ0v) is 11.0. The van der Waals surface area contributed by atoms with Crippen molar-refractivity contribution >= 4 is 5.78 Å². The van der Waals surface area contributed by atoms with Crippen molar-refractivity contribution in [3.8, 4) is 0 Å². The van der Waals surface area contributed by atoms with Crippen LogP contribution >= 0.6 is 0 Å². The molecule has 0 aliphatic heterocycles. The summed E-state index contributed by atoms with van der Waals surface area (Å²) in [5.41, 5.74) is 2.77. The van der Waals surface area contributed by atoms with Crippen LogP contribution in [0.15, 0.2) is 24.3 Å². The van der Waals surface area contributed by atoms with Crippen molar-refractivity contribution in [2.24, 2.45) is 0 Å². The van der Waals surface area contributed by atoms with Gasteiger partial charge in [0.05, 0.1) is 0 Å². The smallest absolute Gasteiger partial charge is 0.129 e. The van der Waals surface area contributed by atoms with Crippen LogP contribution in [0.1, 0.15) is 37.8 Å². The highest BCUT2D eigenvalue weighted by molar-refractivity contribution is 5.75. The van der Waals surface area contributed by atoms with Gasteiger partial charge in [0.2, 0.25) is 0 Å². The third-order valence-electron chi connectivity index (χ3n) is 2.90. The van der Waals surface area contributed by atoms with Crippen LogP contribution in [-0.2, 0) is 17.6 Å². The van der Waals surface area contributed by atoms with E-state index >= 15 is 0 Å². The molecule has 0 fully saturated rings. The van der Waals surface area contributed by atoms with Crippen LogP contribution in [0.25, 0.3) is 0 Å². The lowest BCUT2D eigenvalue weighted by molar-refractivity contribution is -0.117. The lowest BCUT2D eigenvalue weighted by Gasteiger charge is -2.05. The number of benzene rings is 1. The number of hydrogen-bond donors (Lipinski definition) is 1. The van der Waals surface area contributed by atoms with E-state index in [1.54, 1.807) is 6.92 Å². The number of nitrogens with one attached hydrogen (secondary N) is 1. The van der Waals surface area contributed by atoms with Crippen molar-refractivity contribution in [2.75, 3.05) is 13.1 Å². The summed E-state index contributed by atoms with van der Waals surface area (Å²) in [5, 5.41) is 3.37. The molecular weight excluding hydrogens is 210 g/mol. The molecule has 0 amide bonds. The molecule has 0 saturated heterocycles. The topological polar surface area (TPSA) is 29.1 Å². The largest absolute Gasteiger partial charge is 0.316 e. The highest BCUT2D eigenvalue weighted by Gasteiger charge is 1.95. The molecule has 0 spiro atoms. The first-order chi connectivity index (χ1) is 8.22. The summed E-state index contributed by atoms with van der Waals surface area (Å²) in [6.45, 7) is 5.75. The van der Waals surface area contributed by atoms with Crippen molar-refractivity contribution < 1.29 is 4.79 Å². The van der Waals surface area contributed by atoms with Gasteiger partial charge >= 0.3 is 0 Å². The maximum absolute atomic E-state index is 10.7. The minimum absolute atomic E-state index is 0.280. The van der Waals surface area contributed by atoms with Gasteiger partial charge in [-0.15, -0.1) is 0 Å². The van der Waals surface area contributed by atoms with E-state index in [0.717, 1.165) is 32.4 Å². The van der Waals surface area contributed by atoms with E-state index in [1.165, 1.54) is 11.1 Å². The van der Waals surface area contributed by atoms with Gasteiger partial charge in [0.15, 0.2) is 0 Å². The quantitative estimate of drug-likeness (QED) is 0.700. The van der Waals surface area contributed by atoms with E-state index < -0.39 is 0 Å². The molecule has 0 bridgehead atoms. The Labute approximate surface area is 104 Å². The second kappa shape index (κ2) is 8.02. The van der Waals surface area contributed by atoms with Crippen molar-refractivity contribution in [1.82, 2.24) is 5.32 Å². The van der Waals surface area contributed by atoms with Crippen molar-refractivity contribution in [3.63, 3.8) is 0 Å². The zero-order valence-electron chi connectivity index (χ0n) is 11.0. The predicted octanol–water partition coefficient (Wildman–Crippen LogP) is 2.75. The number of hydrogen-bond acceptors (Lipinski definition) is 2. The minimum Gasteiger partial charge on any atom is -0.316 e. The highest BCUT2D eigenvalue weighted by Crippen LogP contribution is 2.05. The monoisotopic (exact) mass is 233 g/mol. The fourth-order valence-corrected chi connectivity index (χ4v) is 1.76. The molecule has 1 rings (SSSR count). The van der Waals surface area contributed by atoms with E-state index in [0.29, 0.717) is 6.42 Å². The third-order valence-corrected chi connectivity index (χ3v) is 2.90. The Morgan fingerprint density at radius 2 is 1.76 bits per heavy atom. The standard InChI is InChI=1S/C15H23NO/c1-3-14-6-8-15(9-7-14)10-12-16-11-4-5-13(2)17/h6-9,16H,3-5,10-12H2,1-2H3. The summed E-state index contributed by atoms with van der Waals surface area (Å²) < 4.78 is 0. The Morgan fingerprint density at radius 1 is 1.12 bits per heavy atom. The van der Waals surface area contributed by atoms with Crippen LogP contribution in [0, 0.1) is 0 Å². The average molecular weight is 233 g/mol. The molecule has 0 aromatic heterocycles. The van der Waals surface area contributed by atoms with Gasteiger partial charge in [0.1, 0.15) is 5.78 Å². The Hall–Kier alpha value is -1.15. The summed E-state index contributed by atoms with van der Waals surface area (Å²) in [4.78, 5) is 10.7. The molecule has 0 aliphatic carbocycles. The van der Waals surface area contributed by atoms with E-state index in [9.17, 15) is 4.79 Å². The molecule has 2 heteroatoms. The summed E-state index contributed by atoms with van der Waals surface area (Å²) in [6.07, 6.45) is 3.80. The number of Topliss-reactive ketones (excluding diaryl/α,β-unsaturated/α-hetero) is 1. The third kappa shape index (κ3) is 6.22. The number of ketones is 1. The van der Waals surface area contributed by atoms with Crippen molar-refractivity contribution in [1.29, 1.82) is 0 Å². The van der Waals surface area contributed by atoms with E-state index in [4.69, 9.17) is 0 Å². The molecule has 0 radical (unpaired) electrons. The molecule has 17 heavy (non-hydrogen) atoms. The summed E-state index contributed by atoms with van der Waals surface area (Å²) in [7, 11) is 0. The number of aryl methyl sites for hydroxylation is 1. The van der Waals surface area contributed by atoms with E-state index in [1.807, 2.05) is 0 Å². The number of carbonyl (C=O) groups excluding carboxylic acids is 1. The molecule has 1 aromatic rings. The Bertz CT molecular complexity index is 329. The lowest BCUT2D eigenvalue weighted by atomic mass is 10.1. The Kier molecular flexibility index (Phi) is 6.56. The molecule has 0 unspecified atom stereocenters. The molecule has 0 aliphatic rings. The number of rotatable bonds is 8. The second-order valence-corrected chi connectivity index (χ2v) is 4.48. The molecule has 1 aromatic carbocycles. The molecular formula is C15H23NO. The molecule has 94 valence electrons. The first-order valence-corrected chi connectivity index (χ1v) is 6.50. The fourth-order valence-electron chi connectivity index (χ4n) is 1.76. The van der Waals surface area contributed by atoms with E-state index in [2.05, 4.69) is 36.5 Å². The highest BCUT2D eigenvalue weighted by atomic mass is 16.1. The van der Waals surface area contributed by atoms with Gasteiger partial charge in [0, 0.05) is 6.42 Å². The van der Waals surface area contributed by atoms with Gasteiger partial charge in [-0.2, -0.15) is 0 Å². The predicted molar refractivity (Wildman–Crippen MR) is 72.3 cm³/mol. The van der Waals surface area contributed by atoms with Crippen molar-refractivity contribution in [3.05, 3.63) is 35.4 Å². The van der Waals surface area contributed by atoms with Crippen LogP contribution in [0.2, 0.25) is 0 Å². The zero-order chi connectivity index (χ0) is 12.5. The van der Waals surface area contributed by atoms with Gasteiger partial charge in [-0.05, 0) is 50.4 Å². The van der Waals surface area contributed by atoms with Gasteiger partial charge in [0.25, 0.3) is 0 Å². The summed E-state index contributed by atoms with van der Waals surface area (Å²) >= 11 is 0. The molecule has 0 heterocycles. The SMILES string of the molecule is CCc1ccc(CCNCCCC(C)=O)cc1. The minimum atomic E-state index is 0.280. The van der Waals surface area contributed by atoms with Gasteiger partial charge < -0.3 is 10.1 Å². The molecule has 1 N–H and O–H groups in total. The van der Waals surface area contributed by atoms with Crippen LogP contribution in [0.5, 0.6) is 0 Å². The maximum atomic E-state index is 10.7. The first-order valence-electron chi connectivity index (χ1n) is 6.50.